The molecule has 3 aliphatic heterocycles. The van der Waals surface area contributed by atoms with Gasteiger partial charge in [0.2, 0.25) is 0 Å². The lowest BCUT2D eigenvalue weighted by atomic mass is 9.90. The van der Waals surface area contributed by atoms with Crippen LogP contribution >= 0.6 is 12.4 Å². The molecule has 3 heterocycles. The van der Waals surface area contributed by atoms with Gasteiger partial charge >= 0.3 is 0 Å². The molecule has 3 rings (SSSR count). The molecule has 20 heavy (non-hydrogen) atoms. The Kier molecular flexibility index (Phi) is 5.34. The second kappa shape index (κ2) is 6.48. The summed E-state index contributed by atoms with van der Waals surface area (Å²) in [6.45, 7) is 7.08. The Morgan fingerprint density at radius 2 is 1.55 bits per heavy atom. The second-order valence-electron chi connectivity index (χ2n) is 6.41. The number of fused-ring (bicyclic) bond motifs is 1. The molecular formula is C13H26ClN3O2S. The van der Waals surface area contributed by atoms with Crippen molar-refractivity contribution in [3.8, 4) is 0 Å². The van der Waals surface area contributed by atoms with E-state index in [0.29, 0.717) is 43.9 Å². The maximum Gasteiger partial charge on any atom is 0.281 e. The smallest absolute Gasteiger partial charge is 0.281 e. The van der Waals surface area contributed by atoms with Crippen molar-refractivity contribution in [1.29, 1.82) is 0 Å². The standard InChI is InChI=1S/C13H25N3O2S.ClH/c1-11-2-5-15(6-3-11)19(17,18)16-7-4-12-8-14-9-13(12)10-16;/h11-14H,2-10H2,1H3;1H. The Balaban J connectivity index is 0.00000147. The zero-order chi connectivity index (χ0) is 13.5. The monoisotopic (exact) mass is 323 g/mol. The zero-order valence-electron chi connectivity index (χ0n) is 12.1. The van der Waals surface area contributed by atoms with Gasteiger partial charge in [-0.15, -0.1) is 12.4 Å². The van der Waals surface area contributed by atoms with E-state index in [1.165, 1.54) is 0 Å². The van der Waals surface area contributed by atoms with Gasteiger partial charge in [0.15, 0.2) is 0 Å². The molecule has 0 spiro atoms. The van der Waals surface area contributed by atoms with Crippen LogP contribution in [-0.2, 0) is 10.2 Å². The van der Waals surface area contributed by atoms with E-state index in [4.69, 9.17) is 0 Å². The van der Waals surface area contributed by atoms with Crippen molar-refractivity contribution < 1.29 is 8.42 Å². The molecule has 7 heteroatoms. The Hall–Kier alpha value is 0.120. The minimum Gasteiger partial charge on any atom is -0.316 e. The fourth-order valence-corrected chi connectivity index (χ4v) is 5.30. The molecule has 118 valence electrons. The summed E-state index contributed by atoms with van der Waals surface area (Å²) in [5.74, 6) is 1.87. The van der Waals surface area contributed by atoms with Crippen LogP contribution in [0.1, 0.15) is 26.2 Å². The average Bonchev–Trinajstić information content (AvgIpc) is 2.86. The molecule has 0 aromatic heterocycles. The highest BCUT2D eigenvalue weighted by Crippen LogP contribution is 2.30. The quantitative estimate of drug-likeness (QED) is 0.822. The maximum absolute atomic E-state index is 12.7. The third-order valence-electron chi connectivity index (χ3n) is 5.06. The first-order valence-corrected chi connectivity index (χ1v) is 8.93. The van der Waals surface area contributed by atoms with Crippen LogP contribution in [0.2, 0.25) is 0 Å². The molecule has 0 aromatic rings. The maximum atomic E-state index is 12.7. The van der Waals surface area contributed by atoms with Crippen LogP contribution in [-0.4, -0.2) is 56.3 Å². The molecule has 0 aliphatic carbocycles. The van der Waals surface area contributed by atoms with Crippen LogP contribution < -0.4 is 5.32 Å². The lowest BCUT2D eigenvalue weighted by Crippen LogP contribution is -2.51. The SMILES string of the molecule is CC1CCN(S(=O)(=O)N2CCC3CNCC3C2)CC1.Cl. The number of rotatable bonds is 2. The van der Waals surface area contributed by atoms with E-state index >= 15 is 0 Å². The van der Waals surface area contributed by atoms with Crippen LogP contribution in [0.15, 0.2) is 0 Å². The van der Waals surface area contributed by atoms with E-state index < -0.39 is 10.2 Å². The molecule has 2 unspecified atom stereocenters. The highest BCUT2D eigenvalue weighted by Gasteiger charge is 2.39. The van der Waals surface area contributed by atoms with Crippen LogP contribution in [0.25, 0.3) is 0 Å². The highest BCUT2D eigenvalue weighted by atomic mass is 35.5. The number of piperidine rings is 2. The summed E-state index contributed by atoms with van der Waals surface area (Å²) in [4.78, 5) is 0. The lowest BCUT2D eigenvalue weighted by Gasteiger charge is -2.38. The van der Waals surface area contributed by atoms with Gasteiger partial charge in [-0.1, -0.05) is 6.92 Å². The van der Waals surface area contributed by atoms with Crippen LogP contribution in [0.3, 0.4) is 0 Å². The van der Waals surface area contributed by atoms with E-state index in [9.17, 15) is 8.42 Å². The van der Waals surface area contributed by atoms with E-state index in [1.807, 2.05) is 0 Å². The molecule has 0 bridgehead atoms. The van der Waals surface area contributed by atoms with Crippen molar-refractivity contribution in [2.24, 2.45) is 17.8 Å². The number of hydrogen-bond acceptors (Lipinski definition) is 3. The molecule has 0 radical (unpaired) electrons. The van der Waals surface area contributed by atoms with Crippen molar-refractivity contribution in [3.05, 3.63) is 0 Å². The molecule has 0 aromatic carbocycles. The highest BCUT2D eigenvalue weighted by molar-refractivity contribution is 7.86. The van der Waals surface area contributed by atoms with E-state index in [1.54, 1.807) is 8.61 Å². The first-order valence-electron chi connectivity index (χ1n) is 7.53. The van der Waals surface area contributed by atoms with Crippen molar-refractivity contribution in [2.45, 2.75) is 26.2 Å². The number of nitrogens with zero attached hydrogens (tertiary/aromatic N) is 2. The van der Waals surface area contributed by atoms with Crippen LogP contribution in [0, 0.1) is 17.8 Å². The fraction of sp³-hybridized carbons (Fsp3) is 1.00. The van der Waals surface area contributed by atoms with Gasteiger partial charge in [-0.05, 0) is 50.1 Å². The first-order chi connectivity index (χ1) is 9.07. The number of nitrogens with one attached hydrogen (secondary N) is 1. The predicted molar refractivity (Wildman–Crippen MR) is 82.2 cm³/mol. The van der Waals surface area contributed by atoms with E-state index in [-0.39, 0.29) is 12.4 Å². The molecule has 3 saturated heterocycles. The third kappa shape index (κ3) is 3.14. The molecule has 1 N–H and O–H groups in total. The molecule has 3 fully saturated rings. The van der Waals surface area contributed by atoms with Crippen LogP contribution in [0.5, 0.6) is 0 Å². The average molecular weight is 324 g/mol. The van der Waals surface area contributed by atoms with Gasteiger partial charge < -0.3 is 5.32 Å². The van der Waals surface area contributed by atoms with Crippen molar-refractivity contribution in [1.82, 2.24) is 13.9 Å². The summed E-state index contributed by atoms with van der Waals surface area (Å²) in [5.41, 5.74) is 0. The van der Waals surface area contributed by atoms with Crippen LogP contribution in [0.4, 0.5) is 0 Å². The van der Waals surface area contributed by atoms with E-state index in [2.05, 4.69) is 12.2 Å². The van der Waals surface area contributed by atoms with Gasteiger partial charge in [-0.3, -0.25) is 0 Å². The Bertz CT molecular complexity index is 423. The fourth-order valence-electron chi connectivity index (χ4n) is 3.59. The van der Waals surface area contributed by atoms with E-state index in [0.717, 1.165) is 32.4 Å². The Morgan fingerprint density at radius 3 is 2.25 bits per heavy atom. The van der Waals surface area contributed by atoms with Gasteiger partial charge in [0.05, 0.1) is 0 Å². The van der Waals surface area contributed by atoms with Crippen molar-refractivity contribution in [2.75, 3.05) is 39.3 Å². The summed E-state index contributed by atoms with van der Waals surface area (Å²) >= 11 is 0. The van der Waals surface area contributed by atoms with Gasteiger partial charge in [-0.25, -0.2) is 0 Å². The lowest BCUT2D eigenvalue weighted by molar-refractivity contribution is 0.203. The summed E-state index contributed by atoms with van der Waals surface area (Å²) in [5, 5.41) is 3.39. The first kappa shape index (κ1) is 16.5. The molecular weight excluding hydrogens is 298 g/mol. The van der Waals surface area contributed by atoms with Gasteiger partial charge in [0.25, 0.3) is 10.2 Å². The second-order valence-corrected chi connectivity index (χ2v) is 8.34. The van der Waals surface area contributed by atoms with Gasteiger partial charge in [0, 0.05) is 26.2 Å². The topological polar surface area (TPSA) is 52.7 Å². The molecule has 2 atom stereocenters. The molecule has 3 aliphatic rings. The Morgan fingerprint density at radius 1 is 0.950 bits per heavy atom. The molecule has 0 saturated carbocycles. The predicted octanol–water partition coefficient (Wildman–Crippen LogP) is 0.926. The summed E-state index contributed by atoms with van der Waals surface area (Å²) in [6, 6.07) is 0. The zero-order valence-corrected chi connectivity index (χ0v) is 13.8. The largest absolute Gasteiger partial charge is 0.316 e. The summed E-state index contributed by atoms with van der Waals surface area (Å²) in [7, 11) is -3.21. The summed E-state index contributed by atoms with van der Waals surface area (Å²) in [6.07, 6.45) is 3.02. The summed E-state index contributed by atoms with van der Waals surface area (Å²) < 4.78 is 28.8. The third-order valence-corrected chi connectivity index (χ3v) is 7.06. The normalized spacial score (nSPS) is 33.6. The molecule has 0 amide bonds. The Labute approximate surface area is 128 Å². The van der Waals surface area contributed by atoms with Crippen molar-refractivity contribution >= 4 is 22.6 Å². The minimum atomic E-state index is -3.21. The van der Waals surface area contributed by atoms with Gasteiger partial charge in [-0.2, -0.15) is 17.0 Å². The van der Waals surface area contributed by atoms with Gasteiger partial charge in [0.1, 0.15) is 0 Å². The minimum absolute atomic E-state index is 0. The number of hydrogen-bond donors (Lipinski definition) is 1. The van der Waals surface area contributed by atoms with Crippen molar-refractivity contribution in [3.63, 3.8) is 0 Å². The molecule has 5 nitrogen and oxygen atoms in total. The number of halogens is 1.